The molecule has 2 aromatic heterocycles. The molecule has 0 saturated carbocycles. The summed E-state index contributed by atoms with van der Waals surface area (Å²) < 4.78 is 6.42. The fourth-order valence-corrected chi connectivity index (χ4v) is 2.46. The number of aromatic nitrogens is 3. The predicted octanol–water partition coefficient (Wildman–Crippen LogP) is 1.58. The van der Waals surface area contributed by atoms with Crippen molar-refractivity contribution >= 4 is 22.3 Å². The molecule has 98 valence electrons. The maximum absolute atomic E-state index is 11.7. The van der Waals surface area contributed by atoms with Crippen molar-refractivity contribution in [2.75, 3.05) is 6.61 Å². The lowest BCUT2D eigenvalue weighted by Gasteiger charge is -2.00. The summed E-state index contributed by atoms with van der Waals surface area (Å²) in [5, 5.41) is 14.6. The van der Waals surface area contributed by atoms with Gasteiger partial charge in [0.15, 0.2) is 5.69 Å². The molecular formula is C11H15N3O3S. The van der Waals surface area contributed by atoms with Crippen LogP contribution in [0.5, 0.6) is 0 Å². The van der Waals surface area contributed by atoms with Gasteiger partial charge in [-0.25, -0.2) is 14.3 Å². The van der Waals surface area contributed by atoms with Crippen molar-refractivity contribution in [3.63, 3.8) is 0 Å². The van der Waals surface area contributed by atoms with Crippen molar-refractivity contribution in [3.8, 4) is 0 Å². The second-order valence-electron chi connectivity index (χ2n) is 4.08. The Bertz CT molecular complexity index is 573. The molecule has 2 heterocycles. The zero-order chi connectivity index (χ0) is 13.3. The largest absolute Gasteiger partial charge is 0.461 e. The first-order valence-corrected chi connectivity index (χ1v) is 6.56. The molecule has 0 radical (unpaired) electrons. The number of carbonyl (C=O) groups excluding carboxylic acids is 1. The third-order valence-electron chi connectivity index (χ3n) is 2.42. The smallest absolute Gasteiger partial charge is 0.359 e. The highest BCUT2D eigenvalue weighted by Gasteiger charge is 2.22. The maximum atomic E-state index is 11.7. The standard InChI is InChI=1S/C11H15N3O3S/c1-4-17-10(16)8-7(5-15)14-11(12-8)18-9(13-14)6(2)3/h6,15H,4-5H2,1-3H3. The van der Waals surface area contributed by atoms with E-state index >= 15 is 0 Å². The number of hydrogen-bond acceptors (Lipinski definition) is 6. The topological polar surface area (TPSA) is 76.7 Å². The van der Waals surface area contributed by atoms with Crippen LogP contribution in [0.25, 0.3) is 4.96 Å². The van der Waals surface area contributed by atoms with Gasteiger partial charge in [-0.05, 0) is 6.92 Å². The fraction of sp³-hybridized carbons (Fsp3) is 0.545. The summed E-state index contributed by atoms with van der Waals surface area (Å²) in [5.41, 5.74) is 0.528. The van der Waals surface area contributed by atoms with Crippen molar-refractivity contribution in [2.45, 2.75) is 33.3 Å². The maximum Gasteiger partial charge on any atom is 0.359 e. The SMILES string of the molecule is CCOC(=O)c1nc2sc(C(C)C)nn2c1CO. The van der Waals surface area contributed by atoms with Gasteiger partial charge in [0.05, 0.1) is 13.2 Å². The van der Waals surface area contributed by atoms with Crippen LogP contribution < -0.4 is 0 Å². The number of hydrogen-bond donors (Lipinski definition) is 1. The molecule has 7 heteroatoms. The van der Waals surface area contributed by atoms with Gasteiger partial charge in [-0.2, -0.15) is 5.10 Å². The van der Waals surface area contributed by atoms with E-state index in [1.54, 1.807) is 6.92 Å². The van der Waals surface area contributed by atoms with Gasteiger partial charge >= 0.3 is 5.97 Å². The Kier molecular flexibility index (Phi) is 3.63. The molecule has 6 nitrogen and oxygen atoms in total. The molecule has 0 aliphatic carbocycles. The second kappa shape index (κ2) is 5.03. The van der Waals surface area contributed by atoms with Gasteiger partial charge < -0.3 is 9.84 Å². The van der Waals surface area contributed by atoms with Crippen molar-refractivity contribution in [1.82, 2.24) is 14.6 Å². The zero-order valence-electron chi connectivity index (χ0n) is 10.5. The monoisotopic (exact) mass is 269 g/mol. The molecule has 0 spiro atoms. The van der Waals surface area contributed by atoms with Gasteiger partial charge in [-0.1, -0.05) is 25.2 Å². The first-order valence-electron chi connectivity index (χ1n) is 5.74. The van der Waals surface area contributed by atoms with E-state index in [1.165, 1.54) is 15.9 Å². The van der Waals surface area contributed by atoms with E-state index in [-0.39, 0.29) is 24.8 Å². The summed E-state index contributed by atoms with van der Waals surface area (Å²) in [7, 11) is 0. The van der Waals surface area contributed by atoms with E-state index in [0.717, 1.165) is 5.01 Å². The minimum absolute atomic E-state index is 0.147. The Morgan fingerprint density at radius 1 is 1.56 bits per heavy atom. The van der Waals surface area contributed by atoms with E-state index < -0.39 is 5.97 Å². The predicted molar refractivity (Wildman–Crippen MR) is 66.8 cm³/mol. The van der Waals surface area contributed by atoms with Crippen LogP contribution in [0.2, 0.25) is 0 Å². The first kappa shape index (κ1) is 13.0. The minimum atomic E-state index is -0.523. The van der Waals surface area contributed by atoms with Gasteiger partial charge in [0.1, 0.15) is 10.7 Å². The molecule has 0 saturated heterocycles. The molecule has 0 aromatic carbocycles. The molecule has 0 aliphatic rings. The quantitative estimate of drug-likeness (QED) is 0.853. The summed E-state index contributed by atoms with van der Waals surface area (Å²) in [5.74, 6) is -0.236. The molecule has 18 heavy (non-hydrogen) atoms. The van der Waals surface area contributed by atoms with Crippen molar-refractivity contribution < 1.29 is 14.6 Å². The molecule has 2 aromatic rings. The highest BCUT2D eigenvalue weighted by molar-refractivity contribution is 7.16. The lowest BCUT2D eigenvalue weighted by molar-refractivity contribution is 0.0516. The third-order valence-corrected chi connectivity index (χ3v) is 3.63. The van der Waals surface area contributed by atoms with Gasteiger partial charge in [0, 0.05) is 5.92 Å². The molecule has 2 rings (SSSR count). The molecule has 0 bridgehead atoms. The van der Waals surface area contributed by atoms with Crippen molar-refractivity contribution in [3.05, 3.63) is 16.4 Å². The Hall–Kier alpha value is -1.47. The number of aliphatic hydroxyl groups is 1. The number of carbonyl (C=O) groups is 1. The van der Waals surface area contributed by atoms with Gasteiger partial charge in [-0.15, -0.1) is 0 Å². The van der Waals surface area contributed by atoms with E-state index in [4.69, 9.17) is 4.74 Å². The van der Waals surface area contributed by atoms with E-state index in [1.807, 2.05) is 13.8 Å². The van der Waals surface area contributed by atoms with Crippen molar-refractivity contribution in [2.24, 2.45) is 0 Å². The van der Waals surface area contributed by atoms with Crippen LogP contribution in [0, 0.1) is 0 Å². The van der Waals surface area contributed by atoms with Crippen LogP contribution in [0.3, 0.4) is 0 Å². The molecule has 0 amide bonds. The van der Waals surface area contributed by atoms with Crippen molar-refractivity contribution in [1.29, 1.82) is 0 Å². The van der Waals surface area contributed by atoms with E-state index in [0.29, 0.717) is 10.7 Å². The lowest BCUT2D eigenvalue weighted by atomic mass is 10.2. The normalized spacial score (nSPS) is 11.4. The zero-order valence-corrected chi connectivity index (χ0v) is 11.3. The number of esters is 1. The number of imidazole rings is 1. The summed E-state index contributed by atoms with van der Waals surface area (Å²) in [6.45, 7) is 5.77. The highest BCUT2D eigenvalue weighted by Crippen LogP contribution is 2.24. The number of rotatable bonds is 4. The molecule has 0 atom stereocenters. The molecular weight excluding hydrogens is 254 g/mol. The van der Waals surface area contributed by atoms with E-state index in [2.05, 4.69) is 10.1 Å². The fourth-order valence-electron chi connectivity index (χ4n) is 1.54. The van der Waals surface area contributed by atoms with Gasteiger partial charge in [0.25, 0.3) is 0 Å². The summed E-state index contributed by atoms with van der Waals surface area (Å²) in [6, 6.07) is 0. The number of ether oxygens (including phenoxy) is 1. The second-order valence-corrected chi connectivity index (χ2v) is 5.06. The molecule has 0 fully saturated rings. The Morgan fingerprint density at radius 2 is 2.28 bits per heavy atom. The van der Waals surface area contributed by atoms with Crippen LogP contribution in [-0.2, 0) is 11.3 Å². The van der Waals surface area contributed by atoms with Crippen LogP contribution in [0.15, 0.2) is 0 Å². The average molecular weight is 269 g/mol. The average Bonchev–Trinajstić information content (AvgIpc) is 2.85. The Morgan fingerprint density at radius 3 is 2.83 bits per heavy atom. The Labute approximate surface area is 108 Å². The van der Waals surface area contributed by atoms with Crippen LogP contribution in [-0.4, -0.2) is 32.3 Å². The minimum Gasteiger partial charge on any atom is -0.461 e. The lowest BCUT2D eigenvalue weighted by Crippen LogP contribution is -2.09. The molecule has 0 unspecified atom stereocenters. The number of fused-ring (bicyclic) bond motifs is 1. The van der Waals surface area contributed by atoms with Gasteiger partial charge in [0.2, 0.25) is 4.96 Å². The first-order chi connectivity index (χ1) is 8.58. The third kappa shape index (κ3) is 2.11. The summed E-state index contributed by atoms with van der Waals surface area (Å²) in [6.07, 6.45) is 0. The molecule has 1 N–H and O–H groups in total. The number of aliphatic hydroxyl groups excluding tert-OH is 1. The van der Waals surface area contributed by atoms with Crippen LogP contribution in [0.4, 0.5) is 0 Å². The van der Waals surface area contributed by atoms with E-state index in [9.17, 15) is 9.90 Å². The Balaban J connectivity index is 2.50. The van der Waals surface area contributed by atoms with Crippen LogP contribution in [0.1, 0.15) is 47.9 Å². The summed E-state index contributed by atoms with van der Waals surface area (Å²) >= 11 is 1.41. The highest BCUT2D eigenvalue weighted by atomic mass is 32.1. The van der Waals surface area contributed by atoms with Gasteiger partial charge in [-0.3, -0.25) is 0 Å². The molecule has 0 aliphatic heterocycles. The summed E-state index contributed by atoms with van der Waals surface area (Å²) in [4.78, 5) is 16.5. The van der Waals surface area contributed by atoms with Crippen LogP contribution >= 0.6 is 11.3 Å². The number of nitrogens with zero attached hydrogens (tertiary/aromatic N) is 3.